The summed E-state index contributed by atoms with van der Waals surface area (Å²) in [4.78, 5) is 35.7. The number of anilines is 1. The highest BCUT2D eigenvalue weighted by atomic mass is 32.1. The lowest BCUT2D eigenvalue weighted by molar-refractivity contribution is -0.119. The van der Waals surface area contributed by atoms with Gasteiger partial charge in [0, 0.05) is 17.3 Å². The lowest BCUT2D eigenvalue weighted by atomic mass is 10.1. The molecule has 3 heterocycles. The lowest BCUT2D eigenvalue weighted by Gasteiger charge is -2.19. The van der Waals surface area contributed by atoms with Gasteiger partial charge in [0.05, 0.1) is 11.8 Å². The fraction of sp³-hybridized carbons (Fsp3) is 0.238. The Bertz CT molecular complexity index is 1240. The van der Waals surface area contributed by atoms with Crippen molar-refractivity contribution in [3.8, 4) is 0 Å². The summed E-state index contributed by atoms with van der Waals surface area (Å²) in [6.07, 6.45) is 3.65. The Kier molecular flexibility index (Phi) is 4.68. The smallest absolute Gasteiger partial charge is 0.272 e. The largest absolute Gasteiger partial charge is 0.324 e. The molecule has 0 unspecified atom stereocenters. The maximum atomic E-state index is 13.1. The predicted molar refractivity (Wildman–Crippen MR) is 113 cm³/mol. The number of nitrogens with one attached hydrogen (secondary N) is 1. The SMILES string of the molecule is CC[C@@H](C(=O)Nc1c(C)cccc1C)n1cnc2c(sc3ncccc32)c1=O. The number of aryl methyl sites for hydroxylation is 2. The molecule has 3 aromatic heterocycles. The molecule has 0 bridgehead atoms. The van der Waals surface area contributed by atoms with Crippen LogP contribution in [0.25, 0.3) is 20.4 Å². The van der Waals surface area contributed by atoms with Crippen molar-refractivity contribution in [1.29, 1.82) is 0 Å². The first-order valence-electron chi connectivity index (χ1n) is 9.12. The number of pyridine rings is 1. The van der Waals surface area contributed by atoms with E-state index in [1.54, 1.807) is 6.20 Å². The molecule has 0 aliphatic carbocycles. The Hall–Kier alpha value is -3.06. The van der Waals surface area contributed by atoms with Crippen molar-refractivity contribution in [3.63, 3.8) is 0 Å². The van der Waals surface area contributed by atoms with Crippen LogP contribution in [-0.2, 0) is 4.79 Å². The van der Waals surface area contributed by atoms with E-state index in [1.807, 2.05) is 51.1 Å². The number of hydrogen-bond donors (Lipinski definition) is 1. The van der Waals surface area contributed by atoms with E-state index in [1.165, 1.54) is 22.2 Å². The molecular formula is C21H20N4O2S. The van der Waals surface area contributed by atoms with Crippen LogP contribution in [0.1, 0.15) is 30.5 Å². The number of fused-ring (bicyclic) bond motifs is 3. The zero-order valence-corrected chi connectivity index (χ0v) is 16.7. The third kappa shape index (κ3) is 2.97. The Morgan fingerprint density at radius 1 is 1.18 bits per heavy atom. The van der Waals surface area contributed by atoms with E-state index in [-0.39, 0.29) is 11.5 Å². The van der Waals surface area contributed by atoms with Crippen molar-refractivity contribution < 1.29 is 4.79 Å². The fourth-order valence-electron chi connectivity index (χ4n) is 3.43. The average Bonchev–Trinajstić information content (AvgIpc) is 3.07. The fourth-order valence-corrected chi connectivity index (χ4v) is 4.46. The van der Waals surface area contributed by atoms with E-state index in [9.17, 15) is 9.59 Å². The molecule has 1 N–H and O–H groups in total. The van der Waals surface area contributed by atoms with E-state index in [0.717, 1.165) is 27.0 Å². The number of para-hydroxylation sites is 1. The first-order valence-corrected chi connectivity index (χ1v) is 9.94. The van der Waals surface area contributed by atoms with Crippen LogP contribution in [0.15, 0.2) is 47.7 Å². The third-order valence-electron chi connectivity index (χ3n) is 4.93. The monoisotopic (exact) mass is 392 g/mol. The van der Waals surface area contributed by atoms with Crippen molar-refractivity contribution in [3.05, 3.63) is 64.3 Å². The lowest BCUT2D eigenvalue weighted by Crippen LogP contribution is -2.33. The molecule has 0 spiro atoms. The normalized spacial score (nSPS) is 12.4. The average molecular weight is 392 g/mol. The first kappa shape index (κ1) is 18.3. The first-order chi connectivity index (χ1) is 13.5. The number of benzene rings is 1. The number of hydrogen-bond acceptors (Lipinski definition) is 5. The number of nitrogens with zero attached hydrogens (tertiary/aromatic N) is 3. The summed E-state index contributed by atoms with van der Waals surface area (Å²) < 4.78 is 1.95. The van der Waals surface area contributed by atoms with Crippen LogP contribution in [0.2, 0.25) is 0 Å². The third-order valence-corrected chi connectivity index (χ3v) is 6.03. The molecule has 1 atom stereocenters. The summed E-state index contributed by atoms with van der Waals surface area (Å²) >= 11 is 1.31. The number of amides is 1. The van der Waals surface area contributed by atoms with Gasteiger partial charge in [-0.25, -0.2) is 9.97 Å². The highest BCUT2D eigenvalue weighted by molar-refractivity contribution is 7.25. The summed E-state index contributed by atoms with van der Waals surface area (Å²) in [5, 5.41) is 3.86. The molecule has 7 heteroatoms. The molecule has 0 aliphatic heterocycles. The zero-order chi connectivity index (χ0) is 19.8. The summed E-state index contributed by atoms with van der Waals surface area (Å²) in [5.74, 6) is -0.220. The maximum absolute atomic E-state index is 13.1. The minimum atomic E-state index is -0.637. The van der Waals surface area contributed by atoms with Crippen LogP contribution < -0.4 is 10.9 Å². The van der Waals surface area contributed by atoms with Gasteiger partial charge in [0.25, 0.3) is 5.56 Å². The number of carbonyl (C=O) groups excluding carboxylic acids is 1. The van der Waals surface area contributed by atoms with Crippen LogP contribution in [-0.4, -0.2) is 20.4 Å². The second-order valence-corrected chi connectivity index (χ2v) is 7.77. The van der Waals surface area contributed by atoms with E-state index in [4.69, 9.17) is 0 Å². The van der Waals surface area contributed by atoms with Gasteiger partial charge in [-0.15, -0.1) is 11.3 Å². The number of thiophene rings is 1. The molecular weight excluding hydrogens is 372 g/mol. The van der Waals surface area contributed by atoms with Crippen LogP contribution >= 0.6 is 11.3 Å². The summed E-state index contributed by atoms with van der Waals surface area (Å²) in [6.45, 7) is 5.79. The van der Waals surface area contributed by atoms with Crippen LogP contribution in [0.3, 0.4) is 0 Å². The van der Waals surface area contributed by atoms with Gasteiger partial charge in [0.1, 0.15) is 15.6 Å². The van der Waals surface area contributed by atoms with Gasteiger partial charge in [-0.1, -0.05) is 25.1 Å². The summed E-state index contributed by atoms with van der Waals surface area (Å²) in [6, 6.07) is 8.95. The molecule has 0 saturated carbocycles. The van der Waals surface area contributed by atoms with E-state index < -0.39 is 6.04 Å². The molecule has 1 amide bonds. The zero-order valence-electron chi connectivity index (χ0n) is 15.9. The Morgan fingerprint density at radius 2 is 1.93 bits per heavy atom. The standard InChI is InChI=1S/C21H20N4O2S/c1-4-15(19(26)24-16-12(2)7-5-8-13(16)3)25-11-23-17-14-9-6-10-22-20(14)28-18(17)21(25)27/h5-11,15H,4H2,1-3H3,(H,24,26)/t15-/m0/s1. The van der Waals surface area contributed by atoms with Gasteiger partial charge < -0.3 is 5.32 Å². The van der Waals surface area contributed by atoms with Crippen molar-refractivity contribution in [2.24, 2.45) is 0 Å². The summed E-state index contributed by atoms with van der Waals surface area (Å²) in [5.41, 5.74) is 3.19. The minimum Gasteiger partial charge on any atom is -0.324 e. The molecule has 28 heavy (non-hydrogen) atoms. The van der Waals surface area contributed by atoms with Gasteiger partial charge >= 0.3 is 0 Å². The van der Waals surface area contributed by atoms with Crippen LogP contribution in [0.5, 0.6) is 0 Å². The molecule has 6 nitrogen and oxygen atoms in total. The van der Waals surface area contributed by atoms with Gasteiger partial charge in [-0.2, -0.15) is 0 Å². The van der Waals surface area contributed by atoms with E-state index in [0.29, 0.717) is 16.6 Å². The Balaban J connectivity index is 1.76. The Labute approximate surface area is 165 Å². The van der Waals surface area contributed by atoms with Gasteiger partial charge in [0.2, 0.25) is 5.91 Å². The number of carbonyl (C=O) groups is 1. The van der Waals surface area contributed by atoms with Crippen molar-refractivity contribution in [1.82, 2.24) is 14.5 Å². The number of rotatable bonds is 4. The summed E-state index contributed by atoms with van der Waals surface area (Å²) in [7, 11) is 0. The highest BCUT2D eigenvalue weighted by Crippen LogP contribution is 2.29. The van der Waals surface area contributed by atoms with Gasteiger partial charge in [-0.05, 0) is 43.5 Å². The minimum absolute atomic E-state index is 0.212. The van der Waals surface area contributed by atoms with E-state index >= 15 is 0 Å². The maximum Gasteiger partial charge on any atom is 0.272 e. The molecule has 142 valence electrons. The highest BCUT2D eigenvalue weighted by Gasteiger charge is 2.23. The predicted octanol–water partition coefficient (Wildman–Crippen LogP) is 4.21. The van der Waals surface area contributed by atoms with Crippen molar-refractivity contribution >= 4 is 43.4 Å². The Morgan fingerprint density at radius 3 is 2.64 bits per heavy atom. The molecule has 0 radical (unpaired) electrons. The topological polar surface area (TPSA) is 76.9 Å². The van der Waals surface area contributed by atoms with Crippen LogP contribution in [0, 0.1) is 13.8 Å². The molecule has 0 aliphatic rings. The van der Waals surface area contributed by atoms with E-state index in [2.05, 4.69) is 15.3 Å². The van der Waals surface area contributed by atoms with Gasteiger partial charge in [0.15, 0.2) is 0 Å². The second-order valence-electron chi connectivity index (χ2n) is 6.77. The van der Waals surface area contributed by atoms with Gasteiger partial charge in [-0.3, -0.25) is 14.2 Å². The molecule has 1 aromatic carbocycles. The molecule has 0 fully saturated rings. The van der Waals surface area contributed by atoms with Crippen molar-refractivity contribution in [2.45, 2.75) is 33.2 Å². The quantitative estimate of drug-likeness (QED) is 0.564. The molecule has 4 aromatic rings. The molecule has 0 saturated heterocycles. The second kappa shape index (κ2) is 7.16. The number of aromatic nitrogens is 3. The van der Waals surface area contributed by atoms with Crippen LogP contribution in [0.4, 0.5) is 5.69 Å². The molecule has 4 rings (SSSR count). The van der Waals surface area contributed by atoms with Crippen molar-refractivity contribution in [2.75, 3.05) is 5.32 Å².